The summed E-state index contributed by atoms with van der Waals surface area (Å²) in [6, 6.07) is 0. The lowest BCUT2D eigenvalue weighted by Crippen LogP contribution is -2.39. The molecular weight excluding hydrogens is 248 g/mol. The zero-order chi connectivity index (χ0) is 14.9. The van der Waals surface area contributed by atoms with Gasteiger partial charge >= 0.3 is 0 Å². The standard InChI is InChI=1S/C13H28N2O4/c1-12(2,5-7-15-11(17)9-16)19-10-13(3,4)18-8-6-14/h16H,5-10,14H2,1-4H3,(H,15,17). The van der Waals surface area contributed by atoms with E-state index in [0.717, 1.165) is 0 Å². The van der Waals surface area contributed by atoms with Crippen LogP contribution in [0.15, 0.2) is 0 Å². The normalized spacial score (nSPS) is 12.5. The third kappa shape index (κ3) is 9.84. The number of nitrogens with two attached hydrogens (primary N) is 1. The molecule has 0 unspecified atom stereocenters. The Morgan fingerprint density at radius 2 is 1.84 bits per heavy atom. The predicted molar refractivity (Wildman–Crippen MR) is 73.8 cm³/mol. The molecule has 0 rings (SSSR count). The minimum absolute atomic E-state index is 0.369. The molecular formula is C13H28N2O4. The average molecular weight is 276 g/mol. The Hall–Kier alpha value is -0.690. The number of carbonyl (C=O) groups is 1. The molecule has 0 radical (unpaired) electrons. The van der Waals surface area contributed by atoms with Gasteiger partial charge in [0.05, 0.1) is 24.4 Å². The van der Waals surface area contributed by atoms with Gasteiger partial charge in [0.15, 0.2) is 0 Å². The number of aliphatic hydroxyl groups excluding tert-OH is 1. The Morgan fingerprint density at radius 3 is 2.37 bits per heavy atom. The van der Waals surface area contributed by atoms with Crippen LogP contribution in [-0.2, 0) is 14.3 Å². The van der Waals surface area contributed by atoms with Gasteiger partial charge in [-0.05, 0) is 34.1 Å². The lowest BCUT2D eigenvalue weighted by atomic mass is 10.0. The summed E-state index contributed by atoms with van der Waals surface area (Å²) in [7, 11) is 0. The number of amides is 1. The third-order valence-corrected chi connectivity index (χ3v) is 2.61. The van der Waals surface area contributed by atoms with E-state index in [1.165, 1.54) is 0 Å². The molecule has 0 bridgehead atoms. The molecule has 4 N–H and O–H groups in total. The first-order chi connectivity index (χ1) is 8.72. The van der Waals surface area contributed by atoms with Crippen molar-refractivity contribution in [2.75, 3.05) is 32.9 Å². The molecule has 0 aromatic heterocycles. The van der Waals surface area contributed by atoms with Crippen LogP contribution in [0.25, 0.3) is 0 Å². The molecule has 0 atom stereocenters. The van der Waals surface area contributed by atoms with E-state index in [1.807, 2.05) is 27.7 Å². The van der Waals surface area contributed by atoms with E-state index in [1.54, 1.807) is 0 Å². The minimum atomic E-state index is -0.485. The summed E-state index contributed by atoms with van der Waals surface area (Å²) in [4.78, 5) is 10.9. The van der Waals surface area contributed by atoms with E-state index in [-0.39, 0.29) is 17.1 Å². The highest BCUT2D eigenvalue weighted by molar-refractivity contribution is 5.76. The van der Waals surface area contributed by atoms with Crippen LogP contribution >= 0.6 is 0 Å². The summed E-state index contributed by atoms with van der Waals surface area (Å²) in [6.07, 6.45) is 0.658. The van der Waals surface area contributed by atoms with Gasteiger partial charge in [-0.2, -0.15) is 0 Å². The second-order valence-corrected chi connectivity index (χ2v) is 5.70. The third-order valence-electron chi connectivity index (χ3n) is 2.61. The van der Waals surface area contributed by atoms with Crippen LogP contribution in [0.3, 0.4) is 0 Å². The molecule has 0 saturated heterocycles. The Bertz CT molecular complexity index is 267. The fourth-order valence-electron chi connectivity index (χ4n) is 1.38. The molecule has 0 aliphatic rings. The number of carbonyl (C=O) groups excluding carboxylic acids is 1. The van der Waals surface area contributed by atoms with E-state index in [0.29, 0.717) is 32.7 Å². The molecule has 6 nitrogen and oxygen atoms in total. The molecule has 0 aliphatic heterocycles. The van der Waals surface area contributed by atoms with Gasteiger partial charge in [-0.25, -0.2) is 0 Å². The van der Waals surface area contributed by atoms with Gasteiger partial charge in [0.2, 0.25) is 5.91 Å². The molecule has 0 spiro atoms. The number of aliphatic hydroxyl groups is 1. The van der Waals surface area contributed by atoms with Gasteiger partial charge in [0.25, 0.3) is 0 Å². The molecule has 0 aromatic rings. The largest absolute Gasteiger partial charge is 0.387 e. The van der Waals surface area contributed by atoms with E-state index in [9.17, 15) is 4.79 Å². The molecule has 0 saturated carbocycles. The van der Waals surface area contributed by atoms with Crippen molar-refractivity contribution in [2.24, 2.45) is 5.73 Å². The van der Waals surface area contributed by atoms with E-state index in [4.69, 9.17) is 20.3 Å². The maximum Gasteiger partial charge on any atom is 0.245 e. The monoisotopic (exact) mass is 276 g/mol. The molecule has 1 amide bonds. The van der Waals surface area contributed by atoms with Crippen LogP contribution in [0.4, 0.5) is 0 Å². The van der Waals surface area contributed by atoms with Crippen LogP contribution in [0.1, 0.15) is 34.1 Å². The highest BCUT2D eigenvalue weighted by Crippen LogP contribution is 2.18. The van der Waals surface area contributed by atoms with Gasteiger partial charge in [-0.15, -0.1) is 0 Å². The van der Waals surface area contributed by atoms with Crippen LogP contribution in [0, 0.1) is 0 Å². The lowest BCUT2D eigenvalue weighted by molar-refractivity contribution is -0.126. The fourth-order valence-corrected chi connectivity index (χ4v) is 1.38. The molecule has 0 heterocycles. The van der Waals surface area contributed by atoms with Gasteiger partial charge in [0.1, 0.15) is 6.61 Å². The van der Waals surface area contributed by atoms with E-state index < -0.39 is 6.61 Å². The van der Waals surface area contributed by atoms with Crippen molar-refractivity contribution < 1.29 is 19.4 Å². The molecule has 0 fully saturated rings. The van der Waals surface area contributed by atoms with Crippen molar-refractivity contribution >= 4 is 5.91 Å². The van der Waals surface area contributed by atoms with Crippen molar-refractivity contribution in [3.8, 4) is 0 Å². The second kappa shape index (κ2) is 8.47. The summed E-state index contributed by atoms with van der Waals surface area (Å²) in [5.41, 5.74) is 4.65. The lowest BCUT2D eigenvalue weighted by Gasteiger charge is -2.32. The van der Waals surface area contributed by atoms with E-state index >= 15 is 0 Å². The zero-order valence-electron chi connectivity index (χ0n) is 12.5. The zero-order valence-corrected chi connectivity index (χ0v) is 12.5. The van der Waals surface area contributed by atoms with Gasteiger partial charge in [-0.3, -0.25) is 4.79 Å². The van der Waals surface area contributed by atoms with Crippen LogP contribution in [-0.4, -0.2) is 55.1 Å². The summed E-state index contributed by atoms with van der Waals surface area (Å²) in [5.74, 6) is -0.373. The first-order valence-corrected chi connectivity index (χ1v) is 6.58. The molecule has 0 aromatic carbocycles. The summed E-state index contributed by atoms with van der Waals surface area (Å²) in [5, 5.41) is 11.2. The van der Waals surface area contributed by atoms with Crippen LogP contribution in [0.2, 0.25) is 0 Å². The Kier molecular flexibility index (Phi) is 8.17. The van der Waals surface area contributed by atoms with Gasteiger partial charge < -0.3 is 25.6 Å². The molecule has 6 heteroatoms. The first-order valence-electron chi connectivity index (χ1n) is 6.58. The Balaban J connectivity index is 3.97. The fraction of sp³-hybridized carbons (Fsp3) is 0.923. The summed E-state index contributed by atoms with van der Waals surface area (Å²) >= 11 is 0. The molecule has 114 valence electrons. The quantitative estimate of drug-likeness (QED) is 0.523. The Labute approximate surface area is 115 Å². The van der Waals surface area contributed by atoms with Crippen molar-refractivity contribution in [1.82, 2.24) is 5.32 Å². The number of hydrogen-bond donors (Lipinski definition) is 3. The van der Waals surface area contributed by atoms with Crippen molar-refractivity contribution in [1.29, 1.82) is 0 Å². The SMILES string of the molecule is CC(C)(CCNC(=O)CO)OCC(C)(C)OCCN. The summed E-state index contributed by atoms with van der Waals surface area (Å²) < 4.78 is 11.4. The maximum atomic E-state index is 10.9. The average Bonchev–Trinajstić information content (AvgIpc) is 2.34. The van der Waals surface area contributed by atoms with Crippen LogP contribution < -0.4 is 11.1 Å². The number of rotatable bonds is 10. The van der Waals surface area contributed by atoms with Crippen molar-refractivity contribution in [3.05, 3.63) is 0 Å². The smallest absolute Gasteiger partial charge is 0.245 e. The highest BCUT2D eigenvalue weighted by atomic mass is 16.6. The highest BCUT2D eigenvalue weighted by Gasteiger charge is 2.25. The van der Waals surface area contributed by atoms with Gasteiger partial charge in [0, 0.05) is 13.1 Å². The molecule has 0 aliphatic carbocycles. The second-order valence-electron chi connectivity index (χ2n) is 5.70. The Morgan fingerprint density at radius 1 is 1.21 bits per heavy atom. The first kappa shape index (κ1) is 18.3. The van der Waals surface area contributed by atoms with Crippen molar-refractivity contribution in [2.45, 2.75) is 45.3 Å². The van der Waals surface area contributed by atoms with Gasteiger partial charge in [-0.1, -0.05) is 0 Å². The number of nitrogens with one attached hydrogen (secondary N) is 1. The topological polar surface area (TPSA) is 93.8 Å². The van der Waals surface area contributed by atoms with Crippen LogP contribution in [0.5, 0.6) is 0 Å². The maximum absolute atomic E-state index is 10.9. The predicted octanol–water partition coefficient (Wildman–Crippen LogP) is 0.0341. The van der Waals surface area contributed by atoms with E-state index in [2.05, 4.69) is 5.32 Å². The minimum Gasteiger partial charge on any atom is -0.387 e. The molecule has 19 heavy (non-hydrogen) atoms. The number of hydrogen-bond acceptors (Lipinski definition) is 5. The summed E-state index contributed by atoms with van der Waals surface area (Å²) in [6.45, 7) is 9.24. The van der Waals surface area contributed by atoms with Crippen molar-refractivity contribution in [3.63, 3.8) is 0 Å². The number of ether oxygens (including phenoxy) is 2.